The molecule has 140 valence electrons. The Morgan fingerprint density at radius 2 is 1.73 bits per heavy atom. The maximum Gasteiger partial charge on any atom is 0.238 e. The van der Waals surface area contributed by atoms with Gasteiger partial charge < -0.3 is 5.32 Å². The Bertz CT molecular complexity index is 903. The van der Waals surface area contributed by atoms with Crippen LogP contribution in [0.4, 0.5) is 5.69 Å². The number of aromatic nitrogens is 2. The Labute approximate surface area is 153 Å². The molecule has 2 heterocycles. The summed E-state index contributed by atoms with van der Waals surface area (Å²) in [5.74, 6) is 0.0758. The number of benzene rings is 1. The second-order valence-electron chi connectivity index (χ2n) is 6.77. The van der Waals surface area contributed by atoms with Gasteiger partial charge in [0.25, 0.3) is 0 Å². The van der Waals surface area contributed by atoms with Crippen LogP contribution >= 0.6 is 0 Å². The van der Waals surface area contributed by atoms with Crippen LogP contribution in [0.3, 0.4) is 0 Å². The smallest absolute Gasteiger partial charge is 0.238 e. The van der Waals surface area contributed by atoms with Crippen molar-refractivity contribution >= 4 is 21.4 Å². The van der Waals surface area contributed by atoms with E-state index < -0.39 is 9.84 Å². The average Bonchev–Trinajstić information content (AvgIpc) is 2.86. The minimum Gasteiger partial charge on any atom is -0.322 e. The molecule has 0 atom stereocenters. The Balaban J connectivity index is 1.70. The molecule has 0 spiro atoms. The molecule has 8 heteroatoms. The number of carbonyl (C=O) groups is 1. The van der Waals surface area contributed by atoms with E-state index in [0.717, 1.165) is 17.1 Å². The van der Waals surface area contributed by atoms with Crippen molar-refractivity contribution in [3.05, 3.63) is 41.2 Å². The third-order valence-electron chi connectivity index (χ3n) is 4.64. The molecule has 7 nitrogen and oxygen atoms in total. The first-order chi connectivity index (χ1) is 12.2. The number of amides is 1. The number of sulfone groups is 1. The van der Waals surface area contributed by atoms with E-state index in [2.05, 4.69) is 10.4 Å². The second-order valence-corrected chi connectivity index (χ2v) is 9.07. The van der Waals surface area contributed by atoms with Crippen LogP contribution in [0.2, 0.25) is 0 Å². The average molecular weight is 376 g/mol. The topological polar surface area (TPSA) is 84.3 Å². The number of rotatable bonds is 4. The Morgan fingerprint density at radius 1 is 1.12 bits per heavy atom. The van der Waals surface area contributed by atoms with Crippen molar-refractivity contribution in [3.63, 3.8) is 0 Å². The SMILES string of the molecule is Cc1ccc(-n2nc(C)c(NC(=O)CN3CCS(=O)(=O)CC3)c2C)cc1. The molecule has 1 amide bonds. The second kappa shape index (κ2) is 7.20. The third kappa shape index (κ3) is 4.13. The van der Waals surface area contributed by atoms with Crippen LogP contribution in [-0.2, 0) is 14.6 Å². The number of nitrogens with zero attached hydrogens (tertiary/aromatic N) is 3. The molecule has 0 aliphatic carbocycles. The van der Waals surface area contributed by atoms with E-state index in [9.17, 15) is 13.2 Å². The first-order valence-corrected chi connectivity index (χ1v) is 10.4. The van der Waals surface area contributed by atoms with Gasteiger partial charge in [-0.3, -0.25) is 9.69 Å². The highest BCUT2D eigenvalue weighted by atomic mass is 32.2. The molecule has 3 rings (SSSR count). The zero-order valence-electron chi connectivity index (χ0n) is 15.3. The third-order valence-corrected chi connectivity index (χ3v) is 6.25. The molecule has 0 saturated carbocycles. The van der Waals surface area contributed by atoms with Crippen molar-refractivity contribution in [1.29, 1.82) is 0 Å². The van der Waals surface area contributed by atoms with Crippen molar-refractivity contribution in [2.75, 3.05) is 36.5 Å². The van der Waals surface area contributed by atoms with Crippen LogP contribution in [0, 0.1) is 20.8 Å². The summed E-state index contributed by atoms with van der Waals surface area (Å²) in [6.45, 7) is 6.79. The maximum atomic E-state index is 12.4. The highest BCUT2D eigenvalue weighted by Crippen LogP contribution is 2.23. The van der Waals surface area contributed by atoms with Gasteiger partial charge >= 0.3 is 0 Å². The molecule has 0 bridgehead atoms. The fourth-order valence-electron chi connectivity index (χ4n) is 3.05. The molecule has 0 radical (unpaired) electrons. The van der Waals surface area contributed by atoms with Gasteiger partial charge in [-0.1, -0.05) is 17.7 Å². The lowest BCUT2D eigenvalue weighted by atomic mass is 10.2. The van der Waals surface area contributed by atoms with Crippen LogP contribution in [0.5, 0.6) is 0 Å². The summed E-state index contributed by atoms with van der Waals surface area (Å²) in [5.41, 5.74) is 4.43. The fourth-order valence-corrected chi connectivity index (χ4v) is 4.33. The Kier molecular flexibility index (Phi) is 5.15. The van der Waals surface area contributed by atoms with Crippen LogP contribution in [-0.4, -0.2) is 60.1 Å². The summed E-state index contributed by atoms with van der Waals surface area (Å²) in [6.07, 6.45) is 0. The summed E-state index contributed by atoms with van der Waals surface area (Å²) in [7, 11) is -2.94. The zero-order chi connectivity index (χ0) is 18.9. The lowest BCUT2D eigenvalue weighted by Gasteiger charge is -2.25. The lowest BCUT2D eigenvalue weighted by molar-refractivity contribution is -0.117. The summed E-state index contributed by atoms with van der Waals surface area (Å²) in [6, 6.07) is 8.03. The van der Waals surface area contributed by atoms with E-state index in [1.54, 1.807) is 0 Å². The van der Waals surface area contributed by atoms with Gasteiger partial charge in [0.2, 0.25) is 5.91 Å². The molecule has 1 fully saturated rings. The van der Waals surface area contributed by atoms with Gasteiger partial charge in [0.05, 0.1) is 40.8 Å². The normalized spacial score (nSPS) is 17.2. The minimum absolute atomic E-state index is 0.115. The van der Waals surface area contributed by atoms with Gasteiger partial charge in [-0.15, -0.1) is 0 Å². The van der Waals surface area contributed by atoms with E-state index in [4.69, 9.17) is 0 Å². The van der Waals surface area contributed by atoms with Gasteiger partial charge in [-0.05, 0) is 32.9 Å². The maximum absolute atomic E-state index is 12.4. The lowest BCUT2D eigenvalue weighted by Crippen LogP contribution is -2.43. The molecule has 1 saturated heterocycles. The van der Waals surface area contributed by atoms with Crippen LogP contribution < -0.4 is 5.32 Å². The number of carbonyl (C=O) groups excluding carboxylic acids is 1. The van der Waals surface area contributed by atoms with E-state index in [0.29, 0.717) is 18.8 Å². The fraction of sp³-hybridized carbons (Fsp3) is 0.444. The number of hydrogen-bond acceptors (Lipinski definition) is 5. The van der Waals surface area contributed by atoms with Gasteiger partial charge in [-0.25, -0.2) is 13.1 Å². The van der Waals surface area contributed by atoms with E-state index >= 15 is 0 Å². The predicted octanol–water partition coefficient (Wildman–Crippen LogP) is 1.47. The molecule has 1 aliphatic rings. The van der Waals surface area contributed by atoms with Crippen molar-refractivity contribution in [3.8, 4) is 5.69 Å². The van der Waals surface area contributed by atoms with Crippen LogP contribution in [0.15, 0.2) is 24.3 Å². The largest absolute Gasteiger partial charge is 0.322 e. The van der Waals surface area contributed by atoms with Gasteiger partial charge in [-0.2, -0.15) is 5.10 Å². The molecule has 0 unspecified atom stereocenters. The van der Waals surface area contributed by atoms with E-state index in [1.165, 1.54) is 5.56 Å². The summed E-state index contributed by atoms with van der Waals surface area (Å²) in [4.78, 5) is 14.3. The van der Waals surface area contributed by atoms with Crippen molar-refractivity contribution in [1.82, 2.24) is 14.7 Å². The van der Waals surface area contributed by atoms with E-state index in [1.807, 2.05) is 54.6 Å². The first-order valence-electron chi connectivity index (χ1n) is 8.61. The quantitative estimate of drug-likeness (QED) is 0.873. The molecule has 1 aromatic carbocycles. The number of hydrogen-bond donors (Lipinski definition) is 1. The monoisotopic (exact) mass is 376 g/mol. The van der Waals surface area contributed by atoms with Crippen molar-refractivity contribution < 1.29 is 13.2 Å². The molecular weight excluding hydrogens is 352 g/mol. The molecule has 1 aliphatic heterocycles. The summed E-state index contributed by atoms with van der Waals surface area (Å²) < 4.78 is 24.8. The molecule has 1 N–H and O–H groups in total. The molecule has 26 heavy (non-hydrogen) atoms. The highest BCUT2D eigenvalue weighted by Gasteiger charge is 2.23. The predicted molar refractivity (Wildman–Crippen MR) is 101 cm³/mol. The summed E-state index contributed by atoms with van der Waals surface area (Å²) in [5, 5.41) is 7.47. The number of anilines is 1. The van der Waals surface area contributed by atoms with Gasteiger partial charge in [0, 0.05) is 13.1 Å². The van der Waals surface area contributed by atoms with Gasteiger partial charge in [0.15, 0.2) is 9.84 Å². The highest BCUT2D eigenvalue weighted by molar-refractivity contribution is 7.91. The Hall–Kier alpha value is -2.19. The number of aryl methyl sites for hydroxylation is 2. The molecule has 1 aromatic heterocycles. The van der Waals surface area contributed by atoms with Crippen LogP contribution in [0.25, 0.3) is 5.69 Å². The van der Waals surface area contributed by atoms with Crippen molar-refractivity contribution in [2.24, 2.45) is 0 Å². The van der Waals surface area contributed by atoms with Crippen molar-refractivity contribution in [2.45, 2.75) is 20.8 Å². The standard InChI is InChI=1S/C18H24N4O3S/c1-13-4-6-16(7-5-13)22-15(3)18(14(2)20-22)19-17(23)12-21-8-10-26(24,25)11-9-21/h4-7H,8-12H2,1-3H3,(H,19,23). The molecular formula is C18H24N4O3S. The van der Waals surface area contributed by atoms with Crippen LogP contribution in [0.1, 0.15) is 17.0 Å². The first kappa shape index (κ1) is 18.6. The minimum atomic E-state index is -2.94. The Morgan fingerprint density at radius 3 is 2.35 bits per heavy atom. The number of nitrogens with one attached hydrogen (secondary N) is 1. The molecule has 2 aromatic rings. The van der Waals surface area contributed by atoms with Gasteiger partial charge in [0.1, 0.15) is 0 Å². The zero-order valence-corrected chi connectivity index (χ0v) is 16.1. The summed E-state index contributed by atoms with van der Waals surface area (Å²) >= 11 is 0. The van der Waals surface area contributed by atoms with E-state index in [-0.39, 0.29) is 24.0 Å².